The van der Waals surface area contributed by atoms with Crippen molar-refractivity contribution in [1.29, 1.82) is 0 Å². The molecule has 0 saturated carbocycles. The number of hydrogen-bond donors (Lipinski definition) is 2. The van der Waals surface area contributed by atoms with Crippen molar-refractivity contribution in [3.05, 3.63) is 35.6 Å². The van der Waals surface area contributed by atoms with Crippen molar-refractivity contribution < 1.29 is 12.8 Å². The summed E-state index contributed by atoms with van der Waals surface area (Å²) in [5.41, 5.74) is 5.82. The first kappa shape index (κ1) is 12.9. The van der Waals surface area contributed by atoms with E-state index >= 15 is 0 Å². The zero-order valence-corrected chi connectivity index (χ0v) is 10.6. The van der Waals surface area contributed by atoms with Gasteiger partial charge in [-0.3, -0.25) is 0 Å². The highest BCUT2D eigenvalue weighted by Crippen LogP contribution is 2.16. The molecule has 0 spiro atoms. The molecule has 0 atom stereocenters. The molecule has 1 heterocycles. The first-order chi connectivity index (χ1) is 8.47. The van der Waals surface area contributed by atoms with Gasteiger partial charge in [0.05, 0.1) is 0 Å². The SMILES string of the molecule is Nc1nnc(S(=O)(=O)NCc2cccc(F)c2)s1. The molecule has 18 heavy (non-hydrogen) atoms. The number of nitrogen functional groups attached to an aromatic ring is 1. The summed E-state index contributed by atoms with van der Waals surface area (Å²) in [6.07, 6.45) is 0. The second-order valence-corrected chi connectivity index (χ2v) is 6.31. The second kappa shape index (κ2) is 4.96. The van der Waals surface area contributed by atoms with Gasteiger partial charge in [0.15, 0.2) is 0 Å². The van der Waals surface area contributed by atoms with Crippen molar-refractivity contribution >= 4 is 26.5 Å². The highest BCUT2D eigenvalue weighted by Gasteiger charge is 2.19. The van der Waals surface area contributed by atoms with E-state index in [0.29, 0.717) is 5.56 Å². The van der Waals surface area contributed by atoms with E-state index in [-0.39, 0.29) is 16.0 Å². The molecule has 3 N–H and O–H groups in total. The third-order valence-electron chi connectivity index (χ3n) is 2.01. The molecule has 0 aliphatic heterocycles. The van der Waals surface area contributed by atoms with E-state index in [1.54, 1.807) is 6.07 Å². The number of benzene rings is 1. The summed E-state index contributed by atoms with van der Waals surface area (Å²) in [7, 11) is -3.76. The lowest BCUT2D eigenvalue weighted by molar-refractivity contribution is 0.578. The van der Waals surface area contributed by atoms with Crippen LogP contribution in [0.25, 0.3) is 0 Å². The van der Waals surface area contributed by atoms with Crippen LogP contribution in [0.1, 0.15) is 5.56 Å². The Morgan fingerprint density at radius 3 is 2.78 bits per heavy atom. The van der Waals surface area contributed by atoms with E-state index in [0.717, 1.165) is 11.3 Å². The van der Waals surface area contributed by atoms with Crippen LogP contribution in [-0.4, -0.2) is 18.6 Å². The van der Waals surface area contributed by atoms with Gasteiger partial charge in [-0.2, -0.15) is 0 Å². The van der Waals surface area contributed by atoms with Crippen LogP contribution in [0.4, 0.5) is 9.52 Å². The van der Waals surface area contributed by atoms with Crippen molar-refractivity contribution in [1.82, 2.24) is 14.9 Å². The lowest BCUT2D eigenvalue weighted by Gasteiger charge is -2.03. The third kappa shape index (κ3) is 3.00. The van der Waals surface area contributed by atoms with Crippen LogP contribution in [0.15, 0.2) is 28.6 Å². The second-order valence-electron chi connectivity index (χ2n) is 3.36. The van der Waals surface area contributed by atoms with Gasteiger partial charge in [0.2, 0.25) is 9.47 Å². The minimum atomic E-state index is -3.76. The van der Waals surface area contributed by atoms with Crippen molar-refractivity contribution in [3.63, 3.8) is 0 Å². The zero-order chi connectivity index (χ0) is 13.2. The van der Waals surface area contributed by atoms with Crippen LogP contribution in [0, 0.1) is 5.82 Å². The number of rotatable bonds is 4. The van der Waals surface area contributed by atoms with Gasteiger partial charge < -0.3 is 5.73 Å². The molecule has 6 nitrogen and oxygen atoms in total. The maximum Gasteiger partial charge on any atom is 0.270 e. The summed E-state index contributed by atoms with van der Waals surface area (Å²) in [6, 6.07) is 5.64. The predicted molar refractivity (Wildman–Crippen MR) is 64.7 cm³/mol. The number of halogens is 1. The molecule has 0 saturated heterocycles. The topological polar surface area (TPSA) is 98.0 Å². The minimum absolute atomic E-state index is 0.0282. The van der Waals surface area contributed by atoms with E-state index in [9.17, 15) is 12.8 Å². The molecule has 2 rings (SSSR count). The number of hydrogen-bond acceptors (Lipinski definition) is 6. The molecule has 9 heteroatoms. The highest BCUT2D eigenvalue weighted by atomic mass is 32.2. The van der Waals surface area contributed by atoms with Gasteiger partial charge in [-0.1, -0.05) is 23.5 Å². The van der Waals surface area contributed by atoms with Crippen LogP contribution >= 0.6 is 11.3 Å². The number of anilines is 1. The van der Waals surface area contributed by atoms with Crippen LogP contribution in [0.5, 0.6) is 0 Å². The Labute approximate surface area is 107 Å². The number of aromatic nitrogens is 2. The van der Waals surface area contributed by atoms with Crippen LogP contribution in [0.2, 0.25) is 0 Å². The molecule has 0 fully saturated rings. The molecule has 0 aliphatic carbocycles. The van der Waals surface area contributed by atoms with Crippen LogP contribution < -0.4 is 10.5 Å². The number of nitrogens with two attached hydrogens (primary N) is 1. The zero-order valence-electron chi connectivity index (χ0n) is 9.00. The summed E-state index contributed by atoms with van der Waals surface area (Å²) in [6.45, 7) is -0.0282. The van der Waals surface area contributed by atoms with Gasteiger partial charge in [0, 0.05) is 6.54 Å². The normalized spacial score (nSPS) is 11.6. The fourth-order valence-corrected chi connectivity index (χ4v) is 3.06. The average molecular weight is 288 g/mol. The standard InChI is InChI=1S/C9H9FN4O2S2/c10-7-3-1-2-6(4-7)5-12-18(15,16)9-14-13-8(11)17-9/h1-4,12H,5H2,(H2,11,13). The minimum Gasteiger partial charge on any atom is -0.374 e. The fourth-order valence-electron chi connectivity index (χ4n) is 1.22. The van der Waals surface area contributed by atoms with Gasteiger partial charge in [0.25, 0.3) is 10.0 Å². The van der Waals surface area contributed by atoms with E-state index in [1.165, 1.54) is 18.2 Å². The molecular formula is C9H9FN4O2S2. The molecule has 0 radical (unpaired) electrons. The molecule has 0 amide bonds. The van der Waals surface area contributed by atoms with Crippen molar-refractivity contribution in [3.8, 4) is 0 Å². The Morgan fingerprint density at radius 1 is 1.39 bits per heavy atom. The molecule has 1 aromatic carbocycles. The summed E-state index contributed by atoms with van der Waals surface area (Å²) < 4.78 is 38.5. The smallest absolute Gasteiger partial charge is 0.270 e. The highest BCUT2D eigenvalue weighted by molar-refractivity contribution is 7.91. The Hall–Kier alpha value is -1.58. The monoisotopic (exact) mass is 288 g/mol. The van der Waals surface area contributed by atoms with Crippen molar-refractivity contribution in [2.45, 2.75) is 10.9 Å². The summed E-state index contributed by atoms with van der Waals surface area (Å²) in [4.78, 5) is 0. The lowest BCUT2D eigenvalue weighted by atomic mass is 10.2. The summed E-state index contributed by atoms with van der Waals surface area (Å²) >= 11 is 0.764. The van der Waals surface area contributed by atoms with Crippen molar-refractivity contribution in [2.24, 2.45) is 0 Å². The maximum absolute atomic E-state index is 12.9. The third-order valence-corrected chi connectivity index (χ3v) is 4.53. The van der Waals surface area contributed by atoms with Gasteiger partial charge >= 0.3 is 0 Å². The Bertz CT molecular complexity index is 656. The lowest BCUT2D eigenvalue weighted by Crippen LogP contribution is -2.23. The molecular weight excluding hydrogens is 279 g/mol. The van der Waals surface area contributed by atoms with Crippen molar-refractivity contribution in [2.75, 3.05) is 5.73 Å². The number of sulfonamides is 1. The van der Waals surface area contributed by atoms with E-state index in [1.807, 2.05) is 0 Å². The summed E-state index contributed by atoms with van der Waals surface area (Å²) in [5.74, 6) is -0.424. The number of nitrogens with one attached hydrogen (secondary N) is 1. The van der Waals surface area contributed by atoms with Gasteiger partial charge in [-0.25, -0.2) is 17.5 Å². The Kier molecular flexibility index (Phi) is 3.55. The number of nitrogens with zero attached hydrogens (tertiary/aromatic N) is 2. The van der Waals surface area contributed by atoms with Gasteiger partial charge in [-0.05, 0) is 17.7 Å². The average Bonchev–Trinajstić information content (AvgIpc) is 2.74. The van der Waals surface area contributed by atoms with E-state index < -0.39 is 15.8 Å². The van der Waals surface area contributed by atoms with E-state index in [2.05, 4.69) is 14.9 Å². The predicted octanol–water partition coefficient (Wildman–Crippen LogP) is 0.738. The Morgan fingerprint density at radius 2 is 2.17 bits per heavy atom. The van der Waals surface area contributed by atoms with E-state index in [4.69, 9.17) is 5.73 Å². The van der Waals surface area contributed by atoms with Crippen LogP contribution in [0.3, 0.4) is 0 Å². The van der Waals surface area contributed by atoms with Crippen LogP contribution in [-0.2, 0) is 16.6 Å². The van der Waals surface area contributed by atoms with Gasteiger partial charge in [0.1, 0.15) is 5.82 Å². The molecule has 96 valence electrons. The Balaban J connectivity index is 2.10. The quantitative estimate of drug-likeness (QED) is 0.864. The summed E-state index contributed by atoms with van der Waals surface area (Å²) in [5, 5.41) is 6.93. The first-order valence-corrected chi connectivity index (χ1v) is 7.10. The molecule has 0 aliphatic rings. The fraction of sp³-hybridized carbons (Fsp3) is 0.111. The molecule has 0 unspecified atom stereocenters. The largest absolute Gasteiger partial charge is 0.374 e. The molecule has 0 bridgehead atoms. The van der Waals surface area contributed by atoms with Gasteiger partial charge in [-0.15, -0.1) is 10.2 Å². The molecule has 2 aromatic rings. The first-order valence-electron chi connectivity index (χ1n) is 4.80. The molecule has 1 aromatic heterocycles. The maximum atomic E-state index is 12.9.